The van der Waals surface area contributed by atoms with Gasteiger partial charge in [-0.1, -0.05) is 0 Å². The molecule has 0 saturated carbocycles. The van der Waals surface area contributed by atoms with E-state index in [0.717, 1.165) is 0 Å². The van der Waals surface area contributed by atoms with E-state index in [0.29, 0.717) is 6.42 Å². The molecule has 4 N–H and O–H groups in total. The number of aliphatic hydroxyl groups is 1. The summed E-state index contributed by atoms with van der Waals surface area (Å²) < 4.78 is 0. The Bertz CT molecular complexity index is 119. The topological polar surface area (TPSA) is 83.6 Å². The van der Waals surface area contributed by atoms with Crippen LogP contribution in [0.1, 0.15) is 6.42 Å². The summed E-state index contributed by atoms with van der Waals surface area (Å²) in [4.78, 5) is 10.2. The van der Waals surface area contributed by atoms with Gasteiger partial charge in [0.25, 0.3) is 0 Å². The minimum atomic E-state index is -1.09. The molecule has 0 saturated heterocycles. The van der Waals surface area contributed by atoms with E-state index in [1.165, 1.54) is 0 Å². The Labute approximate surface area is 64.4 Å². The Kier molecular flexibility index (Phi) is 4.42. The quantitative estimate of drug-likeness (QED) is 0.406. The first kappa shape index (κ1) is 9.74. The smallest absolute Gasteiger partial charge is 0.321 e. The van der Waals surface area contributed by atoms with Gasteiger partial charge in [0.05, 0.1) is 0 Å². The van der Waals surface area contributed by atoms with Gasteiger partial charge < -0.3 is 15.9 Å². The van der Waals surface area contributed by atoms with Crippen LogP contribution in [0.25, 0.3) is 0 Å². The van der Waals surface area contributed by atoms with Gasteiger partial charge in [-0.25, -0.2) is 0 Å². The molecule has 0 amide bonds. The molecule has 2 unspecified atom stereocenters. The zero-order valence-electron chi connectivity index (χ0n) is 5.40. The highest BCUT2D eigenvalue weighted by Gasteiger charge is 2.19. The van der Waals surface area contributed by atoms with Crippen molar-refractivity contribution in [1.29, 1.82) is 0 Å². The highest BCUT2D eigenvalue weighted by Crippen LogP contribution is 2.04. The van der Waals surface area contributed by atoms with Crippen LogP contribution in [-0.2, 0) is 4.79 Å². The normalized spacial score (nSPS) is 16.3. The maximum Gasteiger partial charge on any atom is 0.321 e. The van der Waals surface area contributed by atoms with E-state index in [9.17, 15) is 4.79 Å². The summed E-state index contributed by atoms with van der Waals surface area (Å²) in [5, 5.41) is 16.2. The first-order valence-electron chi connectivity index (χ1n) is 2.87. The minimum absolute atomic E-state index is 0.0881. The van der Waals surface area contributed by atoms with Crippen molar-refractivity contribution in [3.63, 3.8) is 0 Å². The summed E-state index contributed by atoms with van der Waals surface area (Å²) in [6.07, 6.45) is 0.302. The molecule has 0 rings (SSSR count). The van der Waals surface area contributed by atoms with Gasteiger partial charge in [0, 0.05) is 11.9 Å². The number of hydrogen-bond donors (Lipinski definition) is 4. The number of thiol groups is 1. The van der Waals surface area contributed by atoms with E-state index in [1.54, 1.807) is 0 Å². The lowest BCUT2D eigenvalue weighted by Crippen LogP contribution is -2.39. The van der Waals surface area contributed by atoms with Crippen LogP contribution in [0, 0.1) is 0 Å². The molecule has 4 nitrogen and oxygen atoms in total. The molecular weight excluding hydrogens is 154 g/mol. The van der Waals surface area contributed by atoms with Crippen LogP contribution >= 0.6 is 12.6 Å². The van der Waals surface area contributed by atoms with Gasteiger partial charge in [0.1, 0.15) is 6.04 Å². The second-order valence-corrected chi connectivity index (χ2v) is 2.61. The number of carbonyl (C=O) groups is 1. The molecule has 0 radical (unpaired) electrons. The molecule has 60 valence electrons. The van der Waals surface area contributed by atoms with E-state index < -0.39 is 17.3 Å². The van der Waals surface area contributed by atoms with Gasteiger partial charge in [0.2, 0.25) is 0 Å². The zero-order valence-corrected chi connectivity index (χ0v) is 6.29. The largest absolute Gasteiger partial charge is 0.480 e. The van der Waals surface area contributed by atoms with Gasteiger partial charge in [-0.15, -0.1) is 0 Å². The number of nitrogens with two attached hydrogens (primary N) is 1. The van der Waals surface area contributed by atoms with E-state index in [-0.39, 0.29) is 6.61 Å². The fourth-order valence-corrected chi connectivity index (χ4v) is 0.719. The number of hydrogen-bond acceptors (Lipinski definition) is 4. The fourth-order valence-electron chi connectivity index (χ4n) is 0.476. The number of carboxylic acids is 1. The predicted molar refractivity (Wildman–Crippen MR) is 40.1 cm³/mol. The number of carboxylic acid groups (broad SMARTS) is 1. The zero-order chi connectivity index (χ0) is 8.15. The predicted octanol–water partition coefficient (Wildman–Crippen LogP) is -0.921. The Morgan fingerprint density at radius 1 is 1.70 bits per heavy atom. The molecule has 0 bridgehead atoms. The highest BCUT2D eigenvalue weighted by molar-refractivity contribution is 7.81. The van der Waals surface area contributed by atoms with Crippen LogP contribution in [-0.4, -0.2) is 34.1 Å². The first-order valence-corrected chi connectivity index (χ1v) is 3.38. The van der Waals surface area contributed by atoms with Crippen molar-refractivity contribution in [3.05, 3.63) is 0 Å². The van der Waals surface area contributed by atoms with E-state index in [4.69, 9.17) is 15.9 Å². The Morgan fingerprint density at radius 2 is 2.20 bits per heavy atom. The average molecular weight is 165 g/mol. The SMILES string of the molecule is NC(C(=O)O)C(S)CCO. The molecule has 0 aromatic heterocycles. The summed E-state index contributed by atoms with van der Waals surface area (Å²) >= 11 is 3.88. The molecule has 0 aliphatic rings. The summed E-state index contributed by atoms with van der Waals surface area (Å²) in [6.45, 7) is -0.0881. The maximum absolute atomic E-state index is 10.2. The lowest BCUT2D eigenvalue weighted by molar-refractivity contribution is -0.138. The first-order chi connectivity index (χ1) is 4.59. The Balaban J connectivity index is 3.69. The second-order valence-electron chi connectivity index (χ2n) is 1.94. The standard InChI is InChI=1S/C5H11NO3S/c6-4(5(8)9)3(10)1-2-7/h3-4,7,10H,1-2,6H2,(H,8,9). The van der Waals surface area contributed by atoms with E-state index in [1.807, 2.05) is 0 Å². The lowest BCUT2D eigenvalue weighted by Gasteiger charge is -2.12. The van der Waals surface area contributed by atoms with Crippen molar-refractivity contribution >= 4 is 18.6 Å². The van der Waals surface area contributed by atoms with Crippen molar-refractivity contribution in [2.24, 2.45) is 5.73 Å². The molecule has 0 aliphatic carbocycles. The summed E-state index contributed by atoms with van der Waals surface area (Å²) in [6, 6.07) is -0.990. The highest BCUT2D eigenvalue weighted by atomic mass is 32.1. The van der Waals surface area contributed by atoms with Crippen LogP contribution in [0.5, 0.6) is 0 Å². The third kappa shape index (κ3) is 3.05. The van der Waals surface area contributed by atoms with Crippen molar-refractivity contribution in [1.82, 2.24) is 0 Å². The fraction of sp³-hybridized carbons (Fsp3) is 0.800. The summed E-state index contributed by atoms with van der Waals surface area (Å²) in [5.74, 6) is -1.09. The van der Waals surface area contributed by atoms with Crippen molar-refractivity contribution in [2.45, 2.75) is 17.7 Å². The number of aliphatic carboxylic acids is 1. The molecule has 0 aliphatic heterocycles. The van der Waals surface area contributed by atoms with Crippen LogP contribution < -0.4 is 5.73 Å². The van der Waals surface area contributed by atoms with Crippen molar-refractivity contribution < 1.29 is 15.0 Å². The van der Waals surface area contributed by atoms with E-state index >= 15 is 0 Å². The molecular formula is C5H11NO3S. The van der Waals surface area contributed by atoms with Gasteiger partial charge in [-0.3, -0.25) is 4.79 Å². The molecule has 2 atom stereocenters. The second kappa shape index (κ2) is 4.54. The molecule has 5 heteroatoms. The summed E-state index contributed by atoms with van der Waals surface area (Å²) in [7, 11) is 0. The minimum Gasteiger partial charge on any atom is -0.480 e. The van der Waals surface area contributed by atoms with Gasteiger partial charge in [-0.05, 0) is 6.42 Å². The van der Waals surface area contributed by atoms with Gasteiger partial charge >= 0.3 is 5.97 Å². The third-order valence-electron chi connectivity index (χ3n) is 1.12. The monoisotopic (exact) mass is 165 g/mol. The summed E-state index contributed by atoms with van der Waals surface area (Å²) in [5.41, 5.74) is 5.16. The molecule has 0 heterocycles. The molecule has 0 aromatic carbocycles. The van der Waals surface area contributed by atoms with Crippen LogP contribution in [0.15, 0.2) is 0 Å². The third-order valence-corrected chi connectivity index (χ3v) is 1.70. The number of aliphatic hydroxyl groups excluding tert-OH is 1. The molecule has 0 aromatic rings. The Hall–Kier alpha value is -0.260. The Morgan fingerprint density at radius 3 is 2.50 bits per heavy atom. The molecule has 10 heavy (non-hydrogen) atoms. The van der Waals surface area contributed by atoms with Crippen LogP contribution in [0.2, 0.25) is 0 Å². The van der Waals surface area contributed by atoms with E-state index in [2.05, 4.69) is 12.6 Å². The molecule has 0 fully saturated rings. The van der Waals surface area contributed by atoms with Crippen molar-refractivity contribution in [3.8, 4) is 0 Å². The van der Waals surface area contributed by atoms with Crippen molar-refractivity contribution in [2.75, 3.05) is 6.61 Å². The molecule has 0 spiro atoms. The lowest BCUT2D eigenvalue weighted by atomic mass is 10.2. The average Bonchev–Trinajstić information content (AvgIpc) is 1.87. The van der Waals surface area contributed by atoms with Crippen LogP contribution in [0.4, 0.5) is 0 Å². The number of rotatable bonds is 4. The maximum atomic E-state index is 10.2. The van der Waals surface area contributed by atoms with Gasteiger partial charge in [-0.2, -0.15) is 12.6 Å². The van der Waals surface area contributed by atoms with Crippen LogP contribution in [0.3, 0.4) is 0 Å². The van der Waals surface area contributed by atoms with Gasteiger partial charge in [0.15, 0.2) is 0 Å².